The van der Waals surface area contributed by atoms with Gasteiger partial charge in [0.15, 0.2) is 0 Å². The number of methoxy groups -OCH3 is 1. The van der Waals surface area contributed by atoms with Crippen molar-refractivity contribution in [1.29, 1.82) is 0 Å². The Morgan fingerprint density at radius 3 is 3.13 bits per heavy atom. The van der Waals surface area contributed by atoms with Crippen LogP contribution in [0.15, 0.2) is 30.6 Å². The average Bonchev–Trinajstić information content (AvgIpc) is 3.09. The fourth-order valence-electron chi connectivity index (χ4n) is 2.78. The maximum Gasteiger partial charge on any atom is 0.213 e. The van der Waals surface area contributed by atoms with Crippen molar-refractivity contribution in [2.24, 2.45) is 0 Å². The van der Waals surface area contributed by atoms with E-state index in [1.165, 1.54) is 0 Å². The van der Waals surface area contributed by atoms with E-state index in [4.69, 9.17) is 4.74 Å². The van der Waals surface area contributed by atoms with Gasteiger partial charge in [0, 0.05) is 18.7 Å². The molecule has 3 rings (SSSR count). The maximum absolute atomic E-state index is 9.45. The van der Waals surface area contributed by atoms with Crippen molar-refractivity contribution in [3.05, 3.63) is 36.3 Å². The Labute approximate surface area is 135 Å². The molecule has 1 atom stereocenters. The molecule has 2 aromatic heterocycles. The van der Waals surface area contributed by atoms with Crippen LogP contribution in [-0.4, -0.2) is 46.4 Å². The lowest BCUT2D eigenvalue weighted by Crippen LogP contribution is -2.32. The third kappa shape index (κ3) is 3.68. The second-order valence-electron chi connectivity index (χ2n) is 5.46. The molecule has 2 N–H and O–H groups in total. The minimum atomic E-state index is 0.151. The summed E-state index contributed by atoms with van der Waals surface area (Å²) in [6, 6.07) is 7.71. The summed E-state index contributed by atoms with van der Waals surface area (Å²) in [7, 11) is 1.60. The highest BCUT2D eigenvalue weighted by atomic mass is 16.5. The zero-order valence-corrected chi connectivity index (χ0v) is 13.1. The van der Waals surface area contributed by atoms with Crippen LogP contribution in [0, 0.1) is 0 Å². The number of anilines is 2. The Balaban J connectivity index is 1.67. The molecule has 7 nitrogen and oxygen atoms in total. The quantitative estimate of drug-likeness (QED) is 0.835. The lowest BCUT2D eigenvalue weighted by molar-refractivity contribution is 0.266. The second-order valence-corrected chi connectivity index (χ2v) is 5.46. The summed E-state index contributed by atoms with van der Waals surface area (Å²) in [5.74, 6) is 2.18. The molecule has 0 radical (unpaired) electrons. The molecular weight excluding hydrogens is 294 g/mol. The SMILES string of the molecule is COc1cccc(CNc2cc(N3CCC[C@H]3CO)ncn2)n1. The first-order valence-corrected chi connectivity index (χ1v) is 7.73. The van der Waals surface area contributed by atoms with Crippen LogP contribution in [0.1, 0.15) is 18.5 Å². The number of aliphatic hydroxyl groups excluding tert-OH is 1. The fraction of sp³-hybridized carbons (Fsp3) is 0.438. The van der Waals surface area contributed by atoms with Crippen molar-refractivity contribution in [2.75, 3.05) is 30.5 Å². The van der Waals surface area contributed by atoms with Crippen molar-refractivity contribution in [2.45, 2.75) is 25.4 Å². The number of nitrogens with zero attached hydrogens (tertiary/aromatic N) is 4. The van der Waals surface area contributed by atoms with E-state index in [0.29, 0.717) is 12.4 Å². The topological polar surface area (TPSA) is 83.4 Å². The number of hydrogen-bond donors (Lipinski definition) is 2. The van der Waals surface area contributed by atoms with Gasteiger partial charge in [-0.1, -0.05) is 6.07 Å². The van der Waals surface area contributed by atoms with E-state index in [2.05, 4.69) is 25.2 Å². The molecule has 0 amide bonds. The van der Waals surface area contributed by atoms with Crippen LogP contribution < -0.4 is 15.0 Å². The van der Waals surface area contributed by atoms with Crippen molar-refractivity contribution in [3.63, 3.8) is 0 Å². The number of aliphatic hydroxyl groups is 1. The molecule has 1 saturated heterocycles. The highest BCUT2D eigenvalue weighted by Gasteiger charge is 2.25. The fourth-order valence-corrected chi connectivity index (χ4v) is 2.78. The first-order chi connectivity index (χ1) is 11.3. The molecule has 0 saturated carbocycles. The van der Waals surface area contributed by atoms with Gasteiger partial charge in [-0.15, -0.1) is 0 Å². The van der Waals surface area contributed by atoms with Gasteiger partial charge in [-0.05, 0) is 18.9 Å². The van der Waals surface area contributed by atoms with Crippen LogP contribution >= 0.6 is 0 Å². The van der Waals surface area contributed by atoms with E-state index in [-0.39, 0.29) is 12.6 Å². The molecule has 7 heteroatoms. The first kappa shape index (κ1) is 15.5. The number of hydrogen-bond acceptors (Lipinski definition) is 7. The van der Waals surface area contributed by atoms with Crippen LogP contribution in [0.25, 0.3) is 0 Å². The molecule has 1 aliphatic heterocycles. The van der Waals surface area contributed by atoms with Gasteiger partial charge in [0.05, 0.1) is 32.0 Å². The third-order valence-electron chi connectivity index (χ3n) is 3.98. The summed E-state index contributed by atoms with van der Waals surface area (Å²) in [5.41, 5.74) is 0.874. The zero-order valence-electron chi connectivity index (χ0n) is 13.1. The van der Waals surface area contributed by atoms with E-state index in [1.807, 2.05) is 24.3 Å². The Kier molecular flexibility index (Phi) is 4.87. The molecule has 1 fully saturated rings. The highest BCUT2D eigenvalue weighted by molar-refractivity contribution is 5.50. The van der Waals surface area contributed by atoms with E-state index in [9.17, 15) is 5.11 Å². The summed E-state index contributed by atoms with van der Waals surface area (Å²) in [4.78, 5) is 15.1. The second kappa shape index (κ2) is 7.23. The number of nitrogens with one attached hydrogen (secondary N) is 1. The molecule has 3 heterocycles. The summed E-state index contributed by atoms with van der Waals surface area (Å²) in [5, 5.41) is 12.7. The standard InChI is InChI=1S/C16H21N5O2/c1-23-16-6-2-4-12(20-16)9-17-14-8-15(19-11-18-14)21-7-3-5-13(21)10-22/h2,4,6,8,11,13,22H,3,5,7,9-10H2,1H3,(H,17,18,19)/t13-/m0/s1. The van der Waals surface area contributed by atoms with Gasteiger partial charge < -0.3 is 20.1 Å². The molecule has 0 unspecified atom stereocenters. The largest absolute Gasteiger partial charge is 0.481 e. The maximum atomic E-state index is 9.45. The minimum Gasteiger partial charge on any atom is -0.481 e. The zero-order chi connectivity index (χ0) is 16.1. The molecule has 2 aromatic rings. The van der Waals surface area contributed by atoms with E-state index < -0.39 is 0 Å². The van der Waals surface area contributed by atoms with Crippen LogP contribution in [0.3, 0.4) is 0 Å². The van der Waals surface area contributed by atoms with Gasteiger partial charge in [0.25, 0.3) is 0 Å². The minimum absolute atomic E-state index is 0.151. The predicted molar refractivity (Wildman–Crippen MR) is 87.6 cm³/mol. The number of ether oxygens (including phenoxy) is 1. The normalized spacial score (nSPS) is 17.3. The van der Waals surface area contributed by atoms with Crippen LogP contribution in [0.4, 0.5) is 11.6 Å². The lowest BCUT2D eigenvalue weighted by atomic mass is 10.2. The Morgan fingerprint density at radius 2 is 2.30 bits per heavy atom. The molecule has 0 aliphatic carbocycles. The summed E-state index contributed by atoms with van der Waals surface area (Å²) in [6.07, 6.45) is 3.62. The monoisotopic (exact) mass is 315 g/mol. The van der Waals surface area contributed by atoms with Crippen LogP contribution in [0.5, 0.6) is 5.88 Å². The molecule has 0 spiro atoms. The highest BCUT2D eigenvalue weighted by Crippen LogP contribution is 2.24. The molecule has 122 valence electrons. The lowest BCUT2D eigenvalue weighted by Gasteiger charge is -2.24. The molecule has 23 heavy (non-hydrogen) atoms. The van der Waals surface area contributed by atoms with Crippen molar-refractivity contribution in [3.8, 4) is 5.88 Å². The Hall–Kier alpha value is -2.41. The van der Waals surface area contributed by atoms with Crippen LogP contribution in [0.2, 0.25) is 0 Å². The molecule has 0 bridgehead atoms. The van der Waals surface area contributed by atoms with Crippen LogP contribution in [-0.2, 0) is 6.54 Å². The van der Waals surface area contributed by atoms with E-state index in [1.54, 1.807) is 13.4 Å². The Morgan fingerprint density at radius 1 is 1.39 bits per heavy atom. The van der Waals surface area contributed by atoms with Gasteiger partial charge >= 0.3 is 0 Å². The van der Waals surface area contributed by atoms with Gasteiger partial charge in [-0.3, -0.25) is 0 Å². The molecular formula is C16H21N5O2. The summed E-state index contributed by atoms with van der Waals surface area (Å²) in [6.45, 7) is 1.62. The molecule has 1 aliphatic rings. The molecule has 0 aromatic carbocycles. The van der Waals surface area contributed by atoms with Gasteiger partial charge in [0.2, 0.25) is 5.88 Å². The average molecular weight is 315 g/mol. The predicted octanol–water partition coefficient (Wildman–Crippen LogP) is 1.45. The van der Waals surface area contributed by atoms with Gasteiger partial charge in [-0.25, -0.2) is 15.0 Å². The number of pyridine rings is 1. The van der Waals surface area contributed by atoms with Crippen molar-refractivity contribution >= 4 is 11.6 Å². The Bertz CT molecular complexity index is 652. The van der Waals surface area contributed by atoms with Crippen molar-refractivity contribution in [1.82, 2.24) is 15.0 Å². The number of rotatable bonds is 6. The first-order valence-electron chi connectivity index (χ1n) is 7.73. The summed E-state index contributed by atoms with van der Waals surface area (Å²) >= 11 is 0. The van der Waals surface area contributed by atoms with Gasteiger partial charge in [-0.2, -0.15) is 0 Å². The summed E-state index contributed by atoms with van der Waals surface area (Å²) < 4.78 is 5.12. The smallest absolute Gasteiger partial charge is 0.213 e. The van der Waals surface area contributed by atoms with Crippen molar-refractivity contribution < 1.29 is 9.84 Å². The number of aromatic nitrogens is 3. The van der Waals surface area contributed by atoms with E-state index >= 15 is 0 Å². The third-order valence-corrected chi connectivity index (χ3v) is 3.98. The van der Waals surface area contributed by atoms with E-state index in [0.717, 1.165) is 36.7 Å². The van der Waals surface area contributed by atoms with Gasteiger partial charge in [0.1, 0.15) is 18.0 Å².